The van der Waals surface area contributed by atoms with Gasteiger partial charge in [0.1, 0.15) is 3.70 Å². The Bertz CT molecular complexity index is 320. The first-order valence-electron chi connectivity index (χ1n) is 3.29. The predicted octanol–water partition coefficient (Wildman–Crippen LogP) is 2.72. The van der Waals surface area contributed by atoms with Crippen LogP contribution in [0.2, 0.25) is 0 Å². The fourth-order valence-corrected chi connectivity index (χ4v) is 2.03. The summed E-state index contributed by atoms with van der Waals surface area (Å²) in [5.74, 6) is 0. The molecule has 6 heteroatoms. The van der Waals surface area contributed by atoms with E-state index in [-0.39, 0.29) is 11.1 Å². The summed E-state index contributed by atoms with van der Waals surface area (Å²) in [5.41, 5.74) is 0.0855. The molecule has 0 unspecified atom stereocenters. The fraction of sp³-hybridized carbons (Fsp3) is 0.286. The van der Waals surface area contributed by atoms with Crippen LogP contribution in [0.25, 0.3) is 0 Å². The van der Waals surface area contributed by atoms with E-state index in [2.05, 4.69) is 4.98 Å². The van der Waals surface area contributed by atoms with Gasteiger partial charge in [0, 0.05) is 17.3 Å². The summed E-state index contributed by atoms with van der Waals surface area (Å²) in [6, 6.07) is 0. The highest BCUT2D eigenvalue weighted by Gasteiger charge is 2.18. The molecular weight excluding hydrogens is 406 g/mol. The number of alkyl halides is 2. The first kappa shape index (κ1) is 11.5. The van der Waals surface area contributed by atoms with Crippen LogP contribution >= 0.6 is 45.2 Å². The molecule has 0 fully saturated rings. The number of aliphatic hydroxyl groups is 1. The molecule has 0 aliphatic rings. The third kappa shape index (κ3) is 2.46. The monoisotopic (exact) mass is 411 g/mol. The number of hydrogen-bond acceptors (Lipinski definition) is 2. The van der Waals surface area contributed by atoms with Crippen molar-refractivity contribution in [3.63, 3.8) is 0 Å². The maximum atomic E-state index is 12.5. The molecule has 0 atom stereocenters. The van der Waals surface area contributed by atoms with Crippen LogP contribution in [0, 0.1) is 7.27 Å². The van der Waals surface area contributed by atoms with Crippen LogP contribution in [0.4, 0.5) is 8.78 Å². The van der Waals surface area contributed by atoms with Gasteiger partial charge in [0.05, 0.1) is 10.2 Å². The van der Waals surface area contributed by atoms with E-state index < -0.39 is 13.0 Å². The van der Waals surface area contributed by atoms with E-state index in [4.69, 9.17) is 5.11 Å². The average Bonchev–Trinajstić information content (AvgIpc) is 2.08. The lowest BCUT2D eigenvalue weighted by Crippen LogP contribution is -2.02. The van der Waals surface area contributed by atoms with Crippen LogP contribution in [0.5, 0.6) is 0 Å². The van der Waals surface area contributed by atoms with Gasteiger partial charge in [-0.2, -0.15) is 0 Å². The topological polar surface area (TPSA) is 33.1 Å². The highest BCUT2D eigenvalue weighted by molar-refractivity contribution is 14.1. The van der Waals surface area contributed by atoms with Crippen molar-refractivity contribution in [3.05, 3.63) is 24.6 Å². The maximum Gasteiger partial charge on any atom is 0.265 e. The van der Waals surface area contributed by atoms with Crippen molar-refractivity contribution in [2.45, 2.75) is 13.0 Å². The zero-order valence-electron chi connectivity index (χ0n) is 6.27. The summed E-state index contributed by atoms with van der Waals surface area (Å²) in [7, 11) is 0. The smallest absolute Gasteiger partial charge is 0.265 e. The molecule has 1 rings (SSSR count). The zero-order chi connectivity index (χ0) is 10.0. The molecule has 1 heterocycles. The van der Waals surface area contributed by atoms with E-state index in [0.717, 1.165) is 0 Å². The Morgan fingerprint density at radius 1 is 1.46 bits per heavy atom. The Hall–Kier alpha value is 0.430. The van der Waals surface area contributed by atoms with Crippen LogP contribution in [0.3, 0.4) is 0 Å². The summed E-state index contributed by atoms with van der Waals surface area (Å²) in [6.45, 7) is -0.403. The first-order chi connectivity index (χ1) is 6.07. The molecule has 72 valence electrons. The molecule has 2 nitrogen and oxygen atoms in total. The lowest BCUT2D eigenvalue weighted by Gasteiger charge is -2.09. The molecule has 0 aliphatic carbocycles. The second-order valence-corrected chi connectivity index (χ2v) is 4.36. The molecule has 0 saturated carbocycles. The summed E-state index contributed by atoms with van der Waals surface area (Å²) in [6.07, 6.45) is -1.28. The van der Waals surface area contributed by atoms with Gasteiger partial charge in [0.2, 0.25) is 0 Å². The van der Waals surface area contributed by atoms with Gasteiger partial charge >= 0.3 is 0 Å². The van der Waals surface area contributed by atoms with Crippen LogP contribution in [-0.2, 0) is 6.61 Å². The maximum absolute atomic E-state index is 12.5. The number of aromatic nitrogens is 1. The van der Waals surface area contributed by atoms with E-state index in [0.29, 0.717) is 7.27 Å². The van der Waals surface area contributed by atoms with Crippen LogP contribution < -0.4 is 0 Å². The molecule has 0 spiro atoms. The molecule has 0 saturated heterocycles. The summed E-state index contributed by atoms with van der Waals surface area (Å²) < 4.78 is 26.0. The Morgan fingerprint density at radius 3 is 2.54 bits per heavy atom. The van der Waals surface area contributed by atoms with Gasteiger partial charge in [0.25, 0.3) is 6.43 Å². The van der Waals surface area contributed by atoms with Gasteiger partial charge in [-0.25, -0.2) is 13.8 Å². The second-order valence-electron chi connectivity index (χ2n) is 2.26. The van der Waals surface area contributed by atoms with Gasteiger partial charge in [-0.05, 0) is 45.2 Å². The minimum Gasteiger partial charge on any atom is -0.392 e. The largest absolute Gasteiger partial charge is 0.392 e. The fourth-order valence-electron chi connectivity index (χ4n) is 0.875. The Morgan fingerprint density at radius 2 is 2.08 bits per heavy atom. The quantitative estimate of drug-likeness (QED) is 0.600. The average molecular weight is 411 g/mol. The molecule has 1 aromatic heterocycles. The molecule has 0 bridgehead atoms. The van der Waals surface area contributed by atoms with Gasteiger partial charge in [-0.3, -0.25) is 0 Å². The summed E-state index contributed by atoms with van der Waals surface area (Å²) in [4.78, 5) is 3.88. The molecule has 1 N–H and O–H groups in total. The minimum absolute atomic E-state index is 0.109. The van der Waals surface area contributed by atoms with Crippen molar-refractivity contribution < 1.29 is 13.9 Å². The van der Waals surface area contributed by atoms with Crippen molar-refractivity contribution in [3.8, 4) is 0 Å². The molecule has 13 heavy (non-hydrogen) atoms. The molecule has 0 radical (unpaired) electrons. The zero-order valence-corrected chi connectivity index (χ0v) is 10.6. The Balaban J connectivity index is 3.32. The highest BCUT2D eigenvalue weighted by atomic mass is 127. The summed E-state index contributed by atoms with van der Waals surface area (Å²) >= 11 is 3.69. The molecule has 0 aromatic carbocycles. The van der Waals surface area contributed by atoms with Gasteiger partial charge in [0.15, 0.2) is 0 Å². The predicted molar refractivity (Wildman–Crippen MR) is 60.6 cm³/mol. The first-order valence-corrected chi connectivity index (χ1v) is 5.45. The van der Waals surface area contributed by atoms with Crippen LogP contribution in [0.15, 0.2) is 6.20 Å². The van der Waals surface area contributed by atoms with E-state index in [1.807, 2.05) is 45.2 Å². The normalized spacial score (nSPS) is 10.9. The molecule has 0 amide bonds. The van der Waals surface area contributed by atoms with Crippen LogP contribution in [-0.4, -0.2) is 10.1 Å². The van der Waals surface area contributed by atoms with Crippen molar-refractivity contribution in [1.29, 1.82) is 0 Å². The number of hydrogen-bond donors (Lipinski definition) is 1. The van der Waals surface area contributed by atoms with E-state index in [1.165, 1.54) is 6.20 Å². The van der Waals surface area contributed by atoms with E-state index in [9.17, 15) is 8.78 Å². The van der Waals surface area contributed by atoms with Crippen molar-refractivity contribution in [1.82, 2.24) is 4.98 Å². The number of halogens is 4. The van der Waals surface area contributed by atoms with Gasteiger partial charge in [-0.15, -0.1) is 0 Å². The van der Waals surface area contributed by atoms with Gasteiger partial charge in [-0.1, -0.05) is 0 Å². The Labute approximate surface area is 101 Å². The number of aliphatic hydroxyl groups excluding tert-OH is 1. The van der Waals surface area contributed by atoms with Crippen molar-refractivity contribution in [2.75, 3.05) is 0 Å². The summed E-state index contributed by atoms with van der Waals surface area (Å²) in [5, 5.41) is 8.80. The van der Waals surface area contributed by atoms with Crippen molar-refractivity contribution in [2.24, 2.45) is 0 Å². The second kappa shape index (κ2) is 4.78. The molecule has 0 aliphatic heterocycles. The van der Waals surface area contributed by atoms with E-state index >= 15 is 0 Å². The third-order valence-corrected chi connectivity index (χ3v) is 4.43. The van der Waals surface area contributed by atoms with Crippen molar-refractivity contribution >= 4 is 45.2 Å². The molecular formula is C7H5F2I2NO. The highest BCUT2D eigenvalue weighted by Crippen LogP contribution is 2.29. The Kier molecular flexibility index (Phi) is 4.23. The lowest BCUT2D eigenvalue weighted by atomic mass is 10.1. The number of rotatable bonds is 2. The number of pyridine rings is 1. The molecule has 1 aromatic rings. The SMILES string of the molecule is OCc1cnc(I)c(I)c1C(F)F. The number of nitrogens with zero attached hydrogens (tertiary/aromatic N) is 1. The lowest BCUT2D eigenvalue weighted by molar-refractivity contribution is 0.145. The third-order valence-electron chi connectivity index (χ3n) is 1.49. The standard InChI is InChI=1S/C7H5F2I2NO/c8-6(9)4-3(2-13)1-12-7(11)5(4)10/h1,6,13H,2H2. The minimum atomic E-state index is -2.56. The van der Waals surface area contributed by atoms with Gasteiger partial charge < -0.3 is 5.11 Å². The van der Waals surface area contributed by atoms with E-state index in [1.54, 1.807) is 0 Å². The van der Waals surface area contributed by atoms with Crippen LogP contribution in [0.1, 0.15) is 17.6 Å².